The molecule has 3 aliphatic heterocycles. The number of rotatable bonds is 2. The Morgan fingerprint density at radius 2 is 1.62 bits per heavy atom. The Morgan fingerprint density at radius 1 is 0.938 bits per heavy atom. The van der Waals surface area contributed by atoms with Crippen molar-refractivity contribution in [1.82, 2.24) is 4.90 Å². The first-order valence-electron chi connectivity index (χ1n) is 11.1. The Kier molecular flexibility index (Phi) is 4.45. The van der Waals surface area contributed by atoms with Gasteiger partial charge in [0.15, 0.2) is 5.78 Å². The van der Waals surface area contributed by atoms with Crippen molar-refractivity contribution < 1.29 is 14.4 Å². The Labute approximate surface area is 188 Å². The first kappa shape index (κ1) is 20.7. The van der Waals surface area contributed by atoms with Crippen LogP contribution in [0.4, 0.5) is 5.69 Å². The van der Waals surface area contributed by atoms with Crippen LogP contribution in [0, 0.1) is 31.1 Å². The van der Waals surface area contributed by atoms with Crippen molar-refractivity contribution in [2.75, 3.05) is 4.90 Å². The molecule has 0 unspecified atom stereocenters. The topological polar surface area (TPSA) is 57.7 Å². The summed E-state index contributed by atoms with van der Waals surface area (Å²) in [5.41, 5.74) is 3.97. The van der Waals surface area contributed by atoms with Gasteiger partial charge in [-0.05, 0) is 42.7 Å². The molecule has 2 fully saturated rings. The van der Waals surface area contributed by atoms with Crippen molar-refractivity contribution in [3.63, 3.8) is 0 Å². The summed E-state index contributed by atoms with van der Waals surface area (Å²) in [6.45, 7) is 9.54. The fraction of sp³-hybridized carbons (Fsp3) is 0.370. The zero-order valence-corrected chi connectivity index (χ0v) is 19.1. The third-order valence-electron chi connectivity index (χ3n) is 7.06. The number of amides is 2. The number of fused-ring (bicyclic) bond motifs is 5. The molecule has 4 atom stereocenters. The normalized spacial score (nSPS) is 26.3. The largest absolute Gasteiger partial charge is 0.359 e. The van der Waals surface area contributed by atoms with Crippen molar-refractivity contribution in [2.45, 2.75) is 46.7 Å². The van der Waals surface area contributed by atoms with Crippen molar-refractivity contribution in [3.8, 4) is 0 Å². The Bertz CT molecular complexity index is 1190. The summed E-state index contributed by atoms with van der Waals surface area (Å²) in [6, 6.07) is 12.7. The predicted octanol–water partition coefficient (Wildman–Crippen LogP) is 4.43. The molecular formula is C27H28N2O3. The molecule has 5 nitrogen and oxygen atoms in total. The molecule has 0 aliphatic carbocycles. The van der Waals surface area contributed by atoms with Gasteiger partial charge in [0, 0.05) is 11.6 Å². The van der Waals surface area contributed by atoms with E-state index < -0.39 is 23.3 Å². The molecule has 0 aromatic heterocycles. The number of imide groups is 1. The molecule has 2 aromatic carbocycles. The zero-order chi connectivity index (χ0) is 22.9. The van der Waals surface area contributed by atoms with E-state index in [0.29, 0.717) is 5.69 Å². The Hall–Kier alpha value is -3.21. The van der Waals surface area contributed by atoms with Gasteiger partial charge in [-0.2, -0.15) is 0 Å². The maximum absolute atomic E-state index is 13.9. The number of benzene rings is 2. The lowest BCUT2D eigenvalue weighted by atomic mass is 9.79. The van der Waals surface area contributed by atoms with E-state index in [-0.39, 0.29) is 23.6 Å². The Balaban J connectivity index is 1.68. The fourth-order valence-electron chi connectivity index (χ4n) is 5.59. The predicted molar refractivity (Wildman–Crippen MR) is 124 cm³/mol. The first-order chi connectivity index (χ1) is 15.1. The van der Waals surface area contributed by atoms with Crippen LogP contribution in [0.1, 0.15) is 49.1 Å². The van der Waals surface area contributed by atoms with E-state index in [9.17, 15) is 14.4 Å². The third-order valence-corrected chi connectivity index (χ3v) is 7.06. The van der Waals surface area contributed by atoms with Gasteiger partial charge >= 0.3 is 0 Å². The number of hydrogen-bond acceptors (Lipinski definition) is 4. The fourth-order valence-corrected chi connectivity index (χ4v) is 5.59. The molecule has 3 aliphatic rings. The summed E-state index contributed by atoms with van der Waals surface area (Å²) in [7, 11) is 0. The zero-order valence-electron chi connectivity index (χ0n) is 19.1. The maximum Gasteiger partial charge on any atom is 0.240 e. The molecule has 0 bridgehead atoms. The summed E-state index contributed by atoms with van der Waals surface area (Å²) in [5, 5.41) is 0. The van der Waals surface area contributed by atoms with Gasteiger partial charge in [0.2, 0.25) is 11.8 Å². The number of carbonyl (C=O) groups excluding carboxylic acids is 3. The van der Waals surface area contributed by atoms with E-state index >= 15 is 0 Å². The standard InChI is InChI=1S/C27H28N2O3/c1-15-10-11-19(16(2)14-15)29-25(31)20-21(26(29)32)23(24(30)27(3,4)5)28-13-12-17-8-6-7-9-18(17)22(20)28/h6-14,20-23H,1-5H3/t20-,21+,22+,23-/m0/s1. The van der Waals surface area contributed by atoms with Crippen molar-refractivity contribution in [1.29, 1.82) is 0 Å². The molecule has 5 heteroatoms. The van der Waals surface area contributed by atoms with Crippen LogP contribution >= 0.6 is 0 Å². The van der Waals surface area contributed by atoms with Gasteiger partial charge in [0.25, 0.3) is 0 Å². The van der Waals surface area contributed by atoms with Gasteiger partial charge in [-0.1, -0.05) is 62.7 Å². The van der Waals surface area contributed by atoms with Crippen LogP contribution in [-0.2, 0) is 14.4 Å². The highest BCUT2D eigenvalue weighted by Gasteiger charge is 2.65. The molecule has 5 rings (SSSR count). The molecule has 0 saturated carbocycles. The number of aryl methyl sites for hydroxylation is 2. The number of Topliss-reactive ketones (excluding diaryl/α,β-unsaturated/α-hetero) is 1. The molecule has 0 N–H and O–H groups in total. The molecule has 2 aromatic rings. The van der Waals surface area contributed by atoms with Crippen molar-refractivity contribution in [2.24, 2.45) is 17.3 Å². The summed E-state index contributed by atoms with van der Waals surface area (Å²) < 4.78 is 0. The number of ketones is 1. The lowest BCUT2D eigenvalue weighted by Gasteiger charge is -2.37. The van der Waals surface area contributed by atoms with E-state index in [0.717, 1.165) is 22.3 Å². The quantitative estimate of drug-likeness (QED) is 0.664. The van der Waals surface area contributed by atoms with Crippen LogP contribution in [0.25, 0.3) is 6.08 Å². The summed E-state index contributed by atoms with van der Waals surface area (Å²) in [6.07, 6.45) is 3.88. The highest BCUT2D eigenvalue weighted by Crippen LogP contribution is 2.54. The number of nitrogens with zero attached hydrogens (tertiary/aromatic N) is 2. The third kappa shape index (κ3) is 2.80. The summed E-state index contributed by atoms with van der Waals surface area (Å²) in [4.78, 5) is 44.6. The van der Waals surface area contributed by atoms with Gasteiger partial charge in [0.05, 0.1) is 23.6 Å². The lowest BCUT2D eigenvalue weighted by Crippen LogP contribution is -2.47. The lowest BCUT2D eigenvalue weighted by molar-refractivity contribution is -0.135. The molecular weight excluding hydrogens is 400 g/mol. The summed E-state index contributed by atoms with van der Waals surface area (Å²) >= 11 is 0. The second-order valence-corrected chi connectivity index (χ2v) is 10.2. The van der Waals surface area contributed by atoms with Crippen LogP contribution in [0.15, 0.2) is 48.7 Å². The highest BCUT2D eigenvalue weighted by molar-refractivity contribution is 6.24. The van der Waals surface area contributed by atoms with Gasteiger partial charge in [-0.15, -0.1) is 0 Å². The second-order valence-electron chi connectivity index (χ2n) is 10.2. The van der Waals surface area contributed by atoms with Gasteiger partial charge in [-0.3, -0.25) is 14.4 Å². The molecule has 3 heterocycles. The van der Waals surface area contributed by atoms with E-state index in [2.05, 4.69) is 0 Å². The maximum atomic E-state index is 13.9. The van der Waals surface area contributed by atoms with E-state index in [1.54, 1.807) is 0 Å². The Morgan fingerprint density at radius 3 is 2.31 bits per heavy atom. The molecule has 2 amide bonds. The average molecular weight is 429 g/mol. The van der Waals surface area contributed by atoms with E-state index in [1.807, 2.05) is 94.3 Å². The van der Waals surface area contributed by atoms with E-state index in [1.165, 1.54) is 4.90 Å². The van der Waals surface area contributed by atoms with E-state index in [4.69, 9.17) is 0 Å². The SMILES string of the molecule is Cc1ccc(N2C(=O)[C@@H]3[C@H](C2=O)[C@H]2c4ccccc4C=CN2[C@@H]3C(=O)C(C)(C)C)c(C)c1. The number of hydrogen-bond donors (Lipinski definition) is 0. The van der Waals surface area contributed by atoms with Gasteiger partial charge in [-0.25, -0.2) is 4.90 Å². The van der Waals surface area contributed by atoms with Crippen LogP contribution in [-0.4, -0.2) is 28.5 Å². The molecule has 32 heavy (non-hydrogen) atoms. The molecule has 0 spiro atoms. The van der Waals surface area contributed by atoms with Crippen LogP contribution in [0.2, 0.25) is 0 Å². The first-order valence-corrected chi connectivity index (χ1v) is 11.1. The van der Waals surface area contributed by atoms with Gasteiger partial charge in [0.1, 0.15) is 6.04 Å². The minimum Gasteiger partial charge on any atom is -0.359 e. The molecule has 164 valence electrons. The average Bonchev–Trinajstić information content (AvgIpc) is 3.20. The van der Waals surface area contributed by atoms with Crippen LogP contribution in [0.3, 0.4) is 0 Å². The number of carbonyl (C=O) groups is 3. The van der Waals surface area contributed by atoms with Gasteiger partial charge < -0.3 is 4.90 Å². The minimum absolute atomic E-state index is 0.0114. The minimum atomic E-state index is -0.698. The monoisotopic (exact) mass is 428 g/mol. The van der Waals surface area contributed by atoms with Crippen molar-refractivity contribution >= 4 is 29.4 Å². The number of anilines is 1. The molecule has 2 saturated heterocycles. The highest BCUT2D eigenvalue weighted by atomic mass is 16.2. The smallest absolute Gasteiger partial charge is 0.240 e. The molecule has 0 radical (unpaired) electrons. The van der Waals surface area contributed by atoms with Crippen molar-refractivity contribution in [3.05, 3.63) is 70.9 Å². The summed E-state index contributed by atoms with van der Waals surface area (Å²) in [5.74, 6) is -1.78. The van der Waals surface area contributed by atoms with Crippen LogP contribution in [0.5, 0.6) is 0 Å². The second kappa shape index (κ2) is 6.89. The van der Waals surface area contributed by atoms with Crippen LogP contribution < -0.4 is 4.90 Å².